The molecule has 6 heteroatoms. The minimum Gasteiger partial charge on any atom is -0.396 e. The molecular weight excluding hydrogens is 258 g/mol. The summed E-state index contributed by atoms with van der Waals surface area (Å²) in [6, 6.07) is 6.21. The highest BCUT2D eigenvalue weighted by atomic mass is 16.6. The Labute approximate surface area is 117 Å². The summed E-state index contributed by atoms with van der Waals surface area (Å²) in [6.45, 7) is 0.870. The molecule has 0 saturated heterocycles. The second-order valence-corrected chi connectivity index (χ2v) is 5.11. The first-order chi connectivity index (χ1) is 9.65. The topological polar surface area (TPSA) is 99.2 Å². The van der Waals surface area contributed by atoms with Crippen LogP contribution in [0.3, 0.4) is 0 Å². The molecule has 2 unspecified atom stereocenters. The molecule has 106 valence electrons. The Morgan fingerprint density at radius 2 is 2.20 bits per heavy atom. The Hall–Kier alpha value is -2.13. The van der Waals surface area contributed by atoms with Crippen molar-refractivity contribution in [3.63, 3.8) is 0 Å². The fraction of sp³-hybridized carbons (Fsp3) is 0.500. The Balaban J connectivity index is 2.06. The number of nitro benzene ring substituents is 1. The van der Waals surface area contributed by atoms with E-state index < -0.39 is 4.92 Å². The van der Waals surface area contributed by atoms with Crippen molar-refractivity contribution in [2.45, 2.75) is 19.3 Å². The maximum absolute atomic E-state index is 10.7. The summed E-state index contributed by atoms with van der Waals surface area (Å²) < 4.78 is 0. The van der Waals surface area contributed by atoms with Gasteiger partial charge in [-0.25, -0.2) is 0 Å². The van der Waals surface area contributed by atoms with Crippen LogP contribution in [0.5, 0.6) is 0 Å². The van der Waals surface area contributed by atoms with E-state index in [-0.39, 0.29) is 17.9 Å². The van der Waals surface area contributed by atoms with Crippen molar-refractivity contribution in [3.05, 3.63) is 33.9 Å². The molecule has 2 atom stereocenters. The number of aliphatic hydroxyl groups is 1. The van der Waals surface area contributed by atoms with E-state index in [2.05, 4.69) is 5.32 Å². The predicted molar refractivity (Wildman–Crippen MR) is 74.2 cm³/mol. The fourth-order valence-corrected chi connectivity index (χ4v) is 2.76. The van der Waals surface area contributed by atoms with E-state index in [1.165, 1.54) is 12.1 Å². The van der Waals surface area contributed by atoms with Crippen molar-refractivity contribution in [2.75, 3.05) is 18.5 Å². The van der Waals surface area contributed by atoms with Crippen molar-refractivity contribution in [1.29, 1.82) is 5.26 Å². The van der Waals surface area contributed by atoms with Crippen LogP contribution >= 0.6 is 0 Å². The average molecular weight is 275 g/mol. The Morgan fingerprint density at radius 3 is 2.85 bits per heavy atom. The third-order valence-electron chi connectivity index (χ3n) is 3.94. The number of benzene rings is 1. The van der Waals surface area contributed by atoms with E-state index in [4.69, 9.17) is 5.26 Å². The Morgan fingerprint density at radius 1 is 1.45 bits per heavy atom. The summed E-state index contributed by atoms with van der Waals surface area (Å²) in [5.41, 5.74) is 0.806. The minimum atomic E-state index is -0.511. The highest BCUT2D eigenvalue weighted by Crippen LogP contribution is 2.32. The van der Waals surface area contributed by atoms with Crippen LogP contribution in [0.15, 0.2) is 18.2 Å². The zero-order chi connectivity index (χ0) is 14.5. The largest absolute Gasteiger partial charge is 0.396 e. The number of nitrogens with one attached hydrogen (secondary N) is 1. The van der Waals surface area contributed by atoms with Gasteiger partial charge in [-0.2, -0.15) is 5.26 Å². The highest BCUT2D eigenvalue weighted by Gasteiger charge is 2.26. The summed E-state index contributed by atoms with van der Waals surface area (Å²) in [5, 5.41) is 32.2. The van der Waals surface area contributed by atoms with Gasteiger partial charge in [0, 0.05) is 25.3 Å². The average Bonchev–Trinajstić information content (AvgIpc) is 2.92. The Bertz CT molecular complexity index is 539. The van der Waals surface area contributed by atoms with E-state index in [9.17, 15) is 15.2 Å². The fourth-order valence-electron chi connectivity index (χ4n) is 2.76. The standard InChI is InChI=1S/C14H17N3O3/c15-7-12-6-13(17(19)20)4-5-14(12)16-8-10-2-1-3-11(10)9-18/h4-6,10-11,16,18H,1-3,8-9H2. The smallest absolute Gasteiger partial charge is 0.270 e. The monoisotopic (exact) mass is 275 g/mol. The van der Waals surface area contributed by atoms with Crippen molar-refractivity contribution in [3.8, 4) is 6.07 Å². The van der Waals surface area contributed by atoms with Gasteiger partial charge >= 0.3 is 0 Å². The minimum absolute atomic E-state index is 0.0822. The van der Waals surface area contributed by atoms with Crippen LogP contribution in [0.4, 0.5) is 11.4 Å². The number of nitro groups is 1. The third kappa shape index (κ3) is 3.06. The summed E-state index contributed by atoms with van der Waals surface area (Å²) in [5.74, 6) is 0.702. The van der Waals surface area contributed by atoms with Crippen molar-refractivity contribution >= 4 is 11.4 Å². The van der Waals surface area contributed by atoms with Crippen LogP contribution in [-0.2, 0) is 0 Å². The molecule has 1 aliphatic rings. The second-order valence-electron chi connectivity index (χ2n) is 5.11. The van der Waals surface area contributed by atoms with Crippen LogP contribution in [0.25, 0.3) is 0 Å². The van der Waals surface area contributed by atoms with Crippen LogP contribution in [0.1, 0.15) is 24.8 Å². The number of hydrogen-bond donors (Lipinski definition) is 2. The maximum atomic E-state index is 10.7. The molecule has 1 aromatic carbocycles. The molecule has 1 aliphatic carbocycles. The van der Waals surface area contributed by atoms with Gasteiger partial charge in [0.2, 0.25) is 0 Å². The van der Waals surface area contributed by atoms with E-state index >= 15 is 0 Å². The van der Waals surface area contributed by atoms with Crippen LogP contribution in [0.2, 0.25) is 0 Å². The van der Waals surface area contributed by atoms with Crippen LogP contribution < -0.4 is 5.32 Å². The molecule has 0 bridgehead atoms. The van der Waals surface area contributed by atoms with Crippen molar-refractivity contribution in [1.82, 2.24) is 0 Å². The molecule has 1 saturated carbocycles. The van der Waals surface area contributed by atoms with Gasteiger partial charge in [0.1, 0.15) is 6.07 Å². The number of non-ortho nitro benzene ring substituents is 1. The lowest BCUT2D eigenvalue weighted by Crippen LogP contribution is -2.21. The lowest BCUT2D eigenvalue weighted by atomic mass is 9.97. The summed E-state index contributed by atoms with van der Waals surface area (Å²) in [6.07, 6.45) is 3.21. The van der Waals surface area contributed by atoms with Crippen molar-refractivity contribution in [2.24, 2.45) is 11.8 Å². The van der Waals surface area contributed by atoms with Gasteiger partial charge in [0.25, 0.3) is 5.69 Å². The molecule has 6 nitrogen and oxygen atoms in total. The van der Waals surface area contributed by atoms with Crippen LogP contribution in [-0.4, -0.2) is 23.2 Å². The summed E-state index contributed by atoms with van der Waals surface area (Å²) in [7, 11) is 0. The lowest BCUT2D eigenvalue weighted by molar-refractivity contribution is -0.384. The molecule has 0 amide bonds. The highest BCUT2D eigenvalue weighted by molar-refractivity contribution is 5.61. The first kappa shape index (κ1) is 14.3. The molecule has 2 N–H and O–H groups in total. The van der Waals surface area contributed by atoms with Crippen molar-refractivity contribution < 1.29 is 10.0 Å². The van der Waals surface area contributed by atoms with Gasteiger partial charge in [0.15, 0.2) is 0 Å². The third-order valence-corrected chi connectivity index (χ3v) is 3.94. The molecule has 2 rings (SSSR count). The van der Waals surface area contributed by atoms with Gasteiger partial charge in [-0.05, 0) is 30.7 Å². The molecule has 20 heavy (non-hydrogen) atoms. The van der Waals surface area contributed by atoms with Crippen LogP contribution in [0, 0.1) is 33.3 Å². The Kier molecular flexibility index (Phi) is 4.53. The first-order valence-electron chi connectivity index (χ1n) is 6.69. The normalized spacial score (nSPS) is 21.4. The molecule has 0 aliphatic heterocycles. The van der Waals surface area contributed by atoms with E-state index in [1.807, 2.05) is 6.07 Å². The number of nitrogens with zero attached hydrogens (tertiary/aromatic N) is 2. The van der Waals surface area contributed by atoms with E-state index in [0.29, 0.717) is 24.1 Å². The first-order valence-corrected chi connectivity index (χ1v) is 6.69. The second kappa shape index (κ2) is 6.35. The molecule has 0 radical (unpaired) electrons. The summed E-state index contributed by atoms with van der Waals surface area (Å²) in [4.78, 5) is 10.2. The number of nitriles is 1. The van der Waals surface area contributed by atoms with Gasteiger partial charge in [0.05, 0.1) is 16.2 Å². The molecule has 1 fully saturated rings. The molecule has 0 heterocycles. The molecular formula is C14H17N3O3. The zero-order valence-electron chi connectivity index (χ0n) is 11.1. The number of rotatable bonds is 5. The predicted octanol–water partition coefficient (Wildman–Crippen LogP) is 2.29. The molecule has 0 spiro atoms. The van der Waals surface area contributed by atoms with Gasteiger partial charge < -0.3 is 10.4 Å². The van der Waals surface area contributed by atoms with Gasteiger partial charge in [-0.3, -0.25) is 10.1 Å². The lowest BCUT2D eigenvalue weighted by Gasteiger charge is -2.18. The maximum Gasteiger partial charge on any atom is 0.270 e. The van der Waals surface area contributed by atoms with Gasteiger partial charge in [-0.15, -0.1) is 0 Å². The number of anilines is 1. The SMILES string of the molecule is N#Cc1cc([N+](=O)[O-])ccc1NCC1CCCC1CO. The van der Waals surface area contributed by atoms with Gasteiger partial charge in [-0.1, -0.05) is 6.42 Å². The molecule has 0 aromatic heterocycles. The quantitative estimate of drug-likeness (QED) is 0.634. The number of aliphatic hydroxyl groups excluding tert-OH is 1. The van der Waals surface area contributed by atoms with E-state index in [1.54, 1.807) is 6.07 Å². The zero-order valence-corrected chi connectivity index (χ0v) is 11.1. The number of hydrogen-bond acceptors (Lipinski definition) is 5. The van der Waals surface area contributed by atoms with E-state index in [0.717, 1.165) is 19.3 Å². The molecule has 1 aromatic rings. The summed E-state index contributed by atoms with van der Waals surface area (Å²) >= 11 is 0.